The molecular weight excluding hydrogens is 252 g/mol. The van der Waals surface area contributed by atoms with Gasteiger partial charge in [0.05, 0.1) is 14.2 Å². The Morgan fingerprint density at radius 3 is 2.15 bits per heavy atom. The van der Waals surface area contributed by atoms with Crippen molar-refractivity contribution in [2.75, 3.05) is 14.2 Å². The molecule has 0 spiro atoms. The first kappa shape index (κ1) is 14.1. The predicted molar refractivity (Wildman–Crippen MR) is 78.8 cm³/mol. The number of rotatable bonds is 5. The largest absolute Gasteiger partial charge is 0.497 e. The minimum atomic E-state index is 0.0523. The van der Waals surface area contributed by atoms with Gasteiger partial charge in [-0.2, -0.15) is 0 Å². The van der Waals surface area contributed by atoms with E-state index in [0.717, 1.165) is 11.1 Å². The number of ether oxygens (including phenoxy) is 2. The highest BCUT2D eigenvalue weighted by atomic mass is 16.5. The van der Waals surface area contributed by atoms with Crippen molar-refractivity contribution in [1.82, 2.24) is 0 Å². The van der Waals surface area contributed by atoms with Gasteiger partial charge in [-0.25, -0.2) is 0 Å². The van der Waals surface area contributed by atoms with E-state index in [1.54, 1.807) is 32.4 Å². The van der Waals surface area contributed by atoms with Gasteiger partial charge in [-0.05, 0) is 30.2 Å². The van der Waals surface area contributed by atoms with Crippen LogP contribution in [-0.4, -0.2) is 20.0 Å². The molecule has 2 aromatic carbocycles. The second-order valence-electron chi connectivity index (χ2n) is 4.63. The van der Waals surface area contributed by atoms with Crippen LogP contribution < -0.4 is 9.47 Å². The Bertz CT molecular complexity index is 595. The molecule has 0 N–H and O–H groups in total. The molecule has 2 aromatic rings. The number of methoxy groups -OCH3 is 2. The molecule has 0 unspecified atom stereocenters. The van der Waals surface area contributed by atoms with E-state index in [1.807, 2.05) is 31.2 Å². The van der Waals surface area contributed by atoms with Gasteiger partial charge < -0.3 is 9.47 Å². The zero-order valence-corrected chi connectivity index (χ0v) is 12.0. The third-order valence-electron chi connectivity index (χ3n) is 3.29. The van der Waals surface area contributed by atoms with Gasteiger partial charge in [0.1, 0.15) is 11.5 Å². The smallest absolute Gasteiger partial charge is 0.167 e. The topological polar surface area (TPSA) is 35.5 Å². The summed E-state index contributed by atoms with van der Waals surface area (Å²) in [4.78, 5) is 12.4. The lowest BCUT2D eigenvalue weighted by molar-refractivity contribution is 0.0992. The molecule has 3 heteroatoms. The molecule has 0 saturated carbocycles. The van der Waals surface area contributed by atoms with E-state index in [2.05, 4.69) is 0 Å². The molecule has 0 saturated heterocycles. The third kappa shape index (κ3) is 3.18. The molecule has 0 amide bonds. The number of hydrogen-bond donors (Lipinski definition) is 0. The van der Waals surface area contributed by atoms with E-state index in [4.69, 9.17) is 9.47 Å². The minimum Gasteiger partial charge on any atom is -0.497 e. The van der Waals surface area contributed by atoms with Crippen LogP contribution >= 0.6 is 0 Å². The number of carbonyl (C=O) groups excluding carboxylic acids is 1. The Kier molecular flexibility index (Phi) is 4.41. The average molecular weight is 270 g/mol. The number of benzene rings is 2. The van der Waals surface area contributed by atoms with E-state index < -0.39 is 0 Å². The minimum absolute atomic E-state index is 0.0523. The molecule has 104 valence electrons. The Morgan fingerprint density at radius 2 is 1.60 bits per heavy atom. The lowest BCUT2D eigenvalue weighted by Gasteiger charge is -2.09. The van der Waals surface area contributed by atoms with Crippen molar-refractivity contribution in [2.45, 2.75) is 13.3 Å². The number of hydrogen-bond acceptors (Lipinski definition) is 3. The van der Waals surface area contributed by atoms with E-state index in [9.17, 15) is 4.79 Å². The van der Waals surface area contributed by atoms with Crippen molar-refractivity contribution >= 4 is 5.78 Å². The first-order valence-corrected chi connectivity index (χ1v) is 6.45. The molecule has 0 aliphatic heterocycles. The molecule has 0 radical (unpaired) electrons. The van der Waals surface area contributed by atoms with E-state index in [1.165, 1.54) is 0 Å². The van der Waals surface area contributed by atoms with Crippen LogP contribution in [-0.2, 0) is 6.42 Å². The Balaban J connectivity index is 2.27. The van der Waals surface area contributed by atoms with Crippen LogP contribution in [0.4, 0.5) is 0 Å². The normalized spacial score (nSPS) is 10.2. The van der Waals surface area contributed by atoms with Crippen molar-refractivity contribution < 1.29 is 14.3 Å². The zero-order valence-electron chi connectivity index (χ0n) is 12.0. The quantitative estimate of drug-likeness (QED) is 0.781. The first-order chi connectivity index (χ1) is 9.63. The summed E-state index contributed by atoms with van der Waals surface area (Å²) in [6.07, 6.45) is 0.378. The van der Waals surface area contributed by atoms with Crippen molar-refractivity contribution in [2.24, 2.45) is 0 Å². The van der Waals surface area contributed by atoms with Crippen molar-refractivity contribution in [3.63, 3.8) is 0 Å². The van der Waals surface area contributed by atoms with Gasteiger partial charge in [-0.3, -0.25) is 4.79 Å². The molecule has 0 bridgehead atoms. The summed E-state index contributed by atoms with van der Waals surface area (Å²) in [7, 11) is 3.15. The van der Waals surface area contributed by atoms with Crippen LogP contribution in [0.25, 0.3) is 0 Å². The standard InChI is InChI=1S/C17H18O3/c1-12-6-4-5-7-13(12)10-17(18)14-8-15(19-2)11-16(9-14)20-3/h4-9,11H,10H2,1-3H3. The molecule has 0 atom stereocenters. The van der Waals surface area contributed by atoms with Crippen LogP contribution in [0.5, 0.6) is 11.5 Å². The highest BCUT2D eigenvalue weighted by Crippen LogP contribution is 2.23. The Morgan fingerprint density at radius 1 is 1.00 bits per heavy atom. The number of aryl methyl sites for hydroxylation is 1. The fourth-order valence-corrected chi connectivity index (χ4v) is 2.05. The Hall–Kier alpha value is -2.29. The van der Waals surface area contributed by atoms with Gasteiger partial charge in [0.2, 0.25) is 0 Å². The maximum Gasteiger partial charge on any atom is 0.167 e. The van der Waals surface area contributed by atoms with Crippen LogP contribution in [0.2, 0.25) is 0 Å². The van der Waals surface area contributed by atoms with Gasteiger partial charge in [0.15, 0.2) is 5.78 Å². The fourth-order valence-electron chi connectivity index (χ4n) is 2.05. The van der Waals surface area contributed by atoms with Crippen LogP contribution in [0.3, 0.4) is 0 Å². The molecule has 0 heterocycles. The zero-order chi connectivity index (χ0) is 14.5. The van der Waals surface area contributed by atoms with Crippen LogP contribution in [0.1, 0.15) is 21.5 Å². The summed E-state index contributed by atoms with van der Waals surface area (Å²) < 4.78 is 10.4. The number of ketones is 1. The average Bonchev–Trinajstić information content (AvgIpc) is 2.48. The van der Waals surface area contributed by atoms with Crippen molar-refractivity contribution in [3.05, 3.63) is 59.2 Å². The maximum atomic E-state index is 12.4. The second kappa shape index (κ2) is 6.24. The maximum absolute atomic E-state index is 12.4. The number of carbonyl (C=O) groups is 1. The van der Waals surface area contributed by atoms with Gasteiger partial charge >= 0.3 is 0 Å². The fraction of sp³-hybridized carbons (Fsp3) is 0.235. The first-order valence-electron chi connectivity index (χ1n) is 6.45. The van der Waals surface area contributed by atoms with E-state index in [0.29, 0.717) is 23.5 Å². The summed E-state index contributed by atoms with van der Waals surface area (Å²) >= 11 is 0. The number of Topliss-reactive ketones (excluding diaryl/α,β-unsaturated/α-hetero) is 1. The molecule has 2 rings (SSSR count). The van der Waals surface area contributed by atoms with E-state index >= 15 is 0 Å². The summed E-state index contributed by atoms with van der Waals surface area (Å²) in [5.41, 5.74) is 2.76. The summed E-state index contributed by atoms with van der Waals surface area (Å²) in [6, 6.07) is 13.1. The van der Waals surface area contributed by atoms with Gasteiger partial charge in [0, 0.05) is 18.1 Å². The highest BCUT2D eigenvalue weighted by molar-refractivity contribution is 5.98. The van der Waals surface area contributed by atoms with Crippen LogP contribution in [0.15, 0.2) is 42.5 Å². The van der Waals surface area contributed by atoms with Crippen LogP contribution in [0, 0.1) is 6.92 Å². The summed E-state index contributed by atoms with van der Waals surface area (Å²) in [5, 5.41) is 0. The van der Waals surface area contributed by atoms with E-state index in [-0.39, 0.29) is 5.78 Å². The monoisotopic (exact) mass is 270 g/mol. The Labute approximate surface area is 119 Å². The molecular formula is C17H18O3. The molecule has 20 heavy (non-hydrogen) atoms. The third-order valence-corrected chi connectivity index (χ3v) is 3.29. The molecule has 0 aliphatic rings. The van der Waals surface area contributed by atoms with Crippen molar-refractivity contribution in [3.8, 4) is 11.5 Å². The van der Waals surface area contributed by atoms with Crippen molar-refractivity contribution in [1.29, 1.82) is 0 Å². The molecule has 0 fully saturated rings. The highest BCUT2D eigenvalue weighted by Gasteiger charge is 2.11. The van der Waals surface area contributed by atoms with Gasteiger partial charge in [-0.15, -0.1) is 0 Å². The SMILES string of the molecule is COc1cc(OC)cc(C(=O)Cc2ccccc2C)c1. The second-order valence-corrected chi connectivity index (χ2v) is 4.63. The lowest BCUT2D eigenvalue weighted by Crippen LogP contribution is -2.05. The molecule has 3 nitrogen and oxygen atoms in total. The molecule has 0 aliphatic carbocycles. The lowest BCUT2D eigenvalue weighted by atomic mass is 9.99. The van der Waals surface area contributed by atoms with Gasteiger partial charge in [0.25, 0.3) is 0 Å². The predicted octanol–water partition coefficient (Wildman–Crippen LogP) is 3.44. The summed E-state index contributed by atoms with van der Waals surface area (Å²) in [5.74, 6) is 1.30. The molecule has 0 aromatic heterocycles. The van der Waals surface area contributed by atoms with Gasteiger partial charge in [-0.1, -0.05) is 24.3 Å². The summed E-state index contributed by atoms with van der Waals surface area (Å²) in [6.45, 7) is 2.01.